The van der Waals surface area contributed by atoms with E-state index in [9.17, 15) is 13.2 Å². The quantitative estimate of drug-likeness (QED) is 0.514. The van der Waals surface area contributed by atoms with Gasteiger partial charge in [0.2, 0.25) is 0 Å². The van der Waals surface area contributed by atoms with E-state index < -0.39 is 10.0 Å². The molecule has 0 aliphatic heterocycles. The van der Waals surface area contributed by atoms with Gasteiger partial charge in [0.1, 0.15) is 10.6 Å². The zero-order valence-corrected chi connectivity index (χ0v) is 18.6. The van der Waals surface area contributed by atoms with Crippen molar-refractivity contribution in [2.24, 2.45) is 0 Å². The number of aryl methyl sites for hydroxylation is 2. The van der Waals surface area contributed by atoms with Crippen molar-refractivity contribution in [3.05, 3.63) is 87.9 Å². The van der Waals surface area contributed by atoms with E-state index in [0.717, 1.165) is 36.8 Å². The van der Waals surface area contributed by atoms with Gasteiger partial charge in [0.25, 0.3) is 10.0 Å². The highest BCUT2D eigenvalue weighted by Gasteiger charge is 2.25. The van der Waals surface area contributed by atoms with Crippen molar-refractivity contribution < 1.29 is 17.9 Å². The summed E-state index contributed by atoms with van der Waals surface area (Å²) in [6.07, 6.45) is 3.85. The molecule has 0 heterocycles. The molecule has 0 saturated heterocycles. The molecular weight excluding hydrogens is 434 g/mol. The molecule has 0 saturated carbocycles. The standard InChI is InChI=1S/C24H22ClNO4S/c1-30-22-13-17-9-5-6-10-18(17)14-23(22)31(28,29)26-21-12-11-19(25)15-20(21)24(27)16-7-3-2-4-8-16/h2-4,7-8,11-15,26H,5-6,9-10H2,1H3. The molecule has 0 bridgehead atoms. The van der Waals surface area contributed by atoms with E-state index in [4.69, 9.17) is 16.3 Å². The zero-order chi connectivity index (χ0) is 22.0. The lowest BCUT2D eigenvalue weighted by Gasteiger charge is -2.20. The Morgan fingerprint density at radius 1 is 0.968 bits per heavy atom. The molecule has 0 spiro atoms. The number of carbonyl (C=O) groups is 1. The van der Waals surface area contributed by atoms with Gasteiger partial charge in [-0.1, -0.05) is 41.9 Å². The monoisotopic (exact) mass is 455 g/mol. The Kier molecular flexibility index (Phi) is 6.03. The summed E-state index contributed by atoms with van der Waals surface area (Å²) in [6.45, 7) is 0. The van der Waals surface area contributed by atoms with Crippen LogP contribution in [0.4, 0.5) is 5.69 Å². The molecule has 0 atom stereocenters. The van der Waals surface area contributed by atoms with Crippen LogP contribution in [0.15, 0.2) is 65.6 Å². The van der Waals surface area contributed by atoms with Crippen molar-refractivity contribution in [2.75, 3.05) is 11.8 Å². The Morgan fingerprint density at radius 3 is 2.32 bits per heavy atom. The first-order chi connectivity index (χ1) is 14.9. The third-order valence-corrected chi connectivity index (χ3v) is 7.05. The first kappa shape index (κ1) is 21.4. The molecule has 0 aromatic heterocycles. The molecule has 3 aromatic rings. The molecular formula is C24H22ClNO4S. The third-order valence-electron chi connectivity index (χ3n) is 5.42. The number of methoxy groups -OCH3 is 1. The van der Waals surface area contributed by atoms with Crippen LogP contribution >= 0.6 is 11.6 Å². The van der Waals surface area contributed by atoms with E-state index in [1.54, 1.807) is 48.5 Å². The summed E-state index contributed by atoms with van der Waals surface area (Å²) in [5, 5.41) is 0.341. The van der Waals surface area contributed by atoms with Crippen molar-refractivity contribution in [2.45, 2.75) is 30.6 Å². The topological polar surface area (TPSA) is 72.5 Å². The van der Waals surface area contributed by atoms with Gasteiger partial charge in [-0.25, -0.2) is 8.42 Å². The van der Waals surface area contributed by atoms with Crippen molar-refractivity contribution in [3.8, 4) is 5.75 Å². The molecule has 7 heteroatoms. The lowest BCUT2D eigenvalue weighted by molar-refractivity contribution is 0.103. The fourth-order valence-electron chi connectivity index (χ4n) is 3.85. The minimum absolute atomic E-state index is 0.0590. The fourth-order valence-corrected chi connectivity index (χ4v) is 5.30. The molecule has 1 aliphatic carbocycles. The van der Waals surface area contributed by atoms with Crippen LogP contribution in [-0.4, -0.2) is 21.3 Å². The van der Waals surface area contributed by atoms with E-state index in [2.05, 4.69) is 4.72 Å². The van der Waals surface area contributed by atoms with E-state index in [-0.39, 0.29) is 27.7 Å². The van der Waals surface area contributed by atoms with Crippen LogP contribution in [0.1, 0.15) is 39.9 Å². The molecule has 0 amide bonds. The SMILES string of the molecule is COc1cc2c(cc1S(=O)(=O)Nc1ccc(Cl)cc1C(=O)c1ccccc1)CCCC2. The van der Waals surface area contributed by atoms with E-state index in [1.165, 1.54) is 19.2 Å². The summed E-state index contributed by atoms with van der Waals surface area (Å²) in [5.74, 6) is -0.0312. The highest BCUT2D eigenvalue weighted by molar-refractivity contribution is 7.92. The molecule has 5 nitrogen and oxygen atoms in total. The second-order valence-corrected chi connectivity index (χ2v) is 9.56. The van der Waals surface area contributed by atoms with Crippen LogP contribution in [-0.2, 0) is 22.9 Å². The Morgan fingerprint density at radius 2 is 1.65 bits per heavy atom. The molecule has 31 heavy (non-hydrogen) atoms. The van der Waals surface area contributed by atoms with Crippen molar-refractivity contribution in [1.29, 1.82) is 0 Å². The van der Waals surface area contributed by atoms with E-state index in [1.807, 2.05) is 0 Å². The van der Waals surface area contributed by atoms with Crippen molar-refractivity contribution in [3.63, 3.8) is 0 Å². The number of hydrogen-bond donors (Lipinski definition) is 1. The van der Waals surface area contributed by atoms with Crippen LogP contribution in [0.2, 0.25) is 5.02 Å². The smallest absolute Gasteiger partial charge is 0.265 e. The average molecular weight is 456 g/mol. The second-order valence-electron chi connectivity index (χ2n) is 7.47. The lowest BCUT2D eigenvalue weighted by atomic mass is 9.92. The largest absolute Gasteiger partial charge is 0.495 e. The van der Waals surface area contributed by atoms with Gasteiger partial charge in [0.15, 0.2) is 5.78 Å². The normalized spacial score (nSPS) is 13.4. The van der Waals surface area contributed by atoms with Gasteiger partial charge in [-0.05, 0) is 67.1 Å². The predicted octanol–water partition coefficient (Wildman–Crippen LogP) is 5.26. The van der Waals surface area contributed by atoms with Crippen LogP contribution in [0.3, 0.4) is 0 Å². The van der Waals surface area contributed by atoms with Gasteiger partial charge < -0.3 is 4.74 Å². The molecule has 0 unspecified atom stereocenters. The highest BCUT2D eigenvalue weighted by atomic mass is 35.5. The first-order valence-corrected chi connectivity index (χ1v) is 11.9. The molecule has 4 rings (SSSR count). The summed E-state index contributed by atoms with van der Waals surface area (Å²) in [6, 6.07) is 16.7. The maximum atomic E-state index is 13.3. The maximum absolute atomic E-state index is 13.3. The number of fused-ring (bicyclic) bond motifs is 1. The number of ether oxygens (including phenoxy) is 1. The van der Waals surface area contributed by atoms with Crippen LogP contribution in [0.5, 0.6) is 5.75 Å². The third kappa shape index (κ3) is 4.45. The number of hydrogen-bond acceptors (Lipinski definition) is 4. The van der Waals surface area contributed by atoms with E-state index >= 15 is 0 Å². The van der Waals surface area contributed by atoms with Gasteiger partial charge in [-0.2, -0.15) is 0 Å². The number of benzene rings is 3. The van der Waals surface area contributed by atoms with Gasteiger partial charge in [0, 0.05) is 16.1 Å². The summed E-state index contributed by atoms with van der Waals surface area (Å²) >= 11 is 6.11. The van der Waals surface area contributed by atoms with Crippen LogP contribution in [0.25, 0.3) is 0 Å². The number of nitrogens with one attached hydrogen (secondary N) is 1. The maximum Gasteiger partial charge on any atom is 0.265 e. The number of carbonyl (C=O) groups excluding carboxylic acids is 1. The minimum Gasteiger partial charge on any atom is -0.495 e. The van der Waals surface area contributed by atoms with Gasteiger partial charge >= 0.3 is 0 Å². The highest BCUT2D eigenvalue weighted by Crippen LogP contribution is 2.34. The molecule has 160 valence electrons. The molecule has 3 aromatic carbocycles. The Labute approximate surface area is 187 Å². The number of halogens is 1. The predicted molar refractivity (Wildman–Crippen MR) is 122 cm³/mol. The Hall–Kier alpha value is -2.83. The first-order valence-electron chi connectivity index (χ1n) is 10.0. The van der Waals surface area contributed by atoms with Crippen molar-refractivity contribution in [1.82, 2.24) is 0 Å². The second kappa shape index (κ2) is 8.73. The number of rotatable bonds is 6. The summed E-state index contributed by atoms with van der Waals surface area (Å²) in [7, 11) is -2.56. The molecule has 1 aliphatic rings. The number of anilines is 1. The van der Waals surface area contributed by atoms with Gasteiger partial charge in [0.05, 0.1) is 12.8 Å². The molecule has 0 fully saturated rings. The van der Waals surface area contributed by atoms with Gasteiger partial charge in [-0.15, -0.1) is 0 Å². The Balaban J connectivity index is 1.75. The van der Waals surface area contributed by atoms with Crippen LogP contribution in [0, 0.1) is 0 Å². The minimum atomic E-state index is -4.01. The fraction of sp³-hybridized carbons (Fsp3) is 0.208. The molecule has 1 N–H and O–H groups in total. The summed E-state index contributed by atoms with van der Waals surface area (Å²) < 4.78 is 34.6. The van der Waals surface area contributed by atoms with Crippen molar-refractivity contribution >= 4 is 33.1 Å². The van der Waals surface area contributed by atoms with Crippen LogP contribution < -0.4 is 9.46 Å². The van der Waals surface area contributed by atoms with Gasteiger partial charge in [-0.3, -0.25) is 9.52 Å². The summed E-state index contributed by atoms with van der Waals surface area (Å²) in [5.41, 5.74) is 2.92. The zero-order valence-electron chi connectivity index (χ0n) is 17.0. The molecule has 0 radical (unpaired) electrons. The summed E-state index contributed by atoms with van der Waals surface area (Å²) in [4.78, 5) is 13.1. The number of ketones is 1. The average Bonchev–Trinajstić information content (AvgIpc) is 2.79. The Bertz CT molecular complexity index is 1240. The van der Waals surface area contributed by atoms with E-state index in [0.29, 0.717) is 10.6 Å². The number of sulfonamides is 1. The lowest BCUT2D eigenvalue weighted by Crippen LogP contribution is -2.18.